The molecule has 0 saturated carbocycles. The molecule has 0 spiro atoms. The Bertz CT molecular complexity index is 1020. The van der Waals surface area contributed by atoms with Crippen molar-refractivity contribution in [3.63, 3.8) is 0 Å². The van der Waals surface area contributed by atoms with E-state index < -0.39 is 0 Å². The molecule has 1 aromatic carbocycles. The van der Waals surface area contributed by atoms with Gasteiger partial charge in [-0.15, -0.1) is 11.3 Å². The Kier molecular flexibility index (Phi) is 7.35. The van der Waals surface area contributed by atoms with Gasteiger partial charge in [-0.2, -0.15) is 15.2 Å². The summed E-state index contributed by atoms with van der Waals surface area (Å²) < 4.78 is 7.63. The van der Waals surface area contributed by atoms with Crippen molar-refractivity contribution in [3.8, 4) is 11.9 Å². The Morgan fingerprint density at radius 1 is 1.40 bits per heavy atom. The first-order valence-electron chi connectivity index (χ1n) is 10.1. The molecule has 0 bridgehead atoms. The standard InChI is InChI=1S/C22H28ClN5OS/c1-22(2,3)19-13-28(12-16-7-5-6-10-25-16)21(30-19)27-20(26-14-24)17-11-15(23)8-9-18(17)29-4/h8-9,11,13,16,25H,5-7,10,12H2,1-4H3/b26-20+,27-21-/t16-/m1/s1. The fourth-order valence-corrected chi connectivity index (χ4v) is 4.63. The van der Waals surface area contributed by atoms with Gasteiger partial charge in [0.25, 0.3) is 0 Å². The maximum absolute atomic E-state index is 9.29. The highest BCUT2D eigenvalue weighted by Gasteiger charge is 2.21. The van der Waals surface area contributed by atoms with Gasteiger partial charge in [-0.05, 0) is 43.0 Å². The van der Waals surface area contributed by atoms with Crippen molar-refractivity contribution in [2.45, 2.75) is 58.0 Å². The number of ether oxygens (including phenoxy) is 1. The molecule has 160 valence electrons. The SMILES string of the molecule is COc1ccc(Cl)cc1C(/N=c1\sc(C(C)(C)C)cn1C[C@H]1CCCCN1)=N\C#N. The number of halogens is 1. The van der Waals surface area contributed by atoms with Crippen molar-refractivity contribution in [1.82, 2.24) is 9.88 Å². The van der Waals surface area contributed by atoms with Gasteiger partial charge in [-0.25, -0.2) is 0 Å². The molecule has 3 rings (SSSR count). The van der Waals surface area contributed by atoms with Gasteiger partial charge in [-0.3, -0.25) is 0 Å². The zero-order valence-electron chi connectivity index (χ0n) is 17.9. The second-order valence-corrected chi connectivity index (χ2v) is 9.86. The number of nitrogens with one attached hydrogen (secondary N) is 1. The zero-order chi connectivity index (χ0) is 21.7. The van der Waals surface area contributed by atoms with Gasteiger partial charge in [0.1, 0.15) is 5.75 Å². The van der Waals surface area contributed by atoms with E-state index in [1.807, 2.05) is 6.19 Å². The Hall–Kier alpha value is -2.14. The molecule has 2 heterocycles. The number of thiazole rings is 1. The van der Waals surface area contributed by atoms with E-state index in [1.165, 1.54) is 17.7 Å². The quantitative estimate of drug-likeness (QED) is 0.428. The first-order valence-corrected chi connectivity index (χ1v) is 11.3. The van der Waals surface area contributed by atoms with E-state index in [0.29, 0.717) is 28.2 Å². The van der Waals surface area contributed by atoms with Crippen LogP contribution in [0.25, 0.3) is 0 Å². The van der Waals surface area contributed by atoms with Gasteiger partial charge in [0, 0.05) is 28.7 Å². The normalized spacial score (nSPS) is 18.3. The molecular weight excluding hydrogens is 418 g/mol. The minimum atomic E-state index is 0.000456. The van der Waals surface area contributed by atoms with E-state index in [0.717, 1.165) is 24.3 Å². The zero-order valence-corrected chi connectivity index (χ0v) is 19.5. The Labute approximate surface area is 186 Å². The fourth-order valence-electron chi connectivity index (χ4n) is 3.40. The molecule has 1 aliphatic rings. The maximum Gasteiger partial charge on any atom is 0.207 e. The third kappa shape index (κ3) is 5.51. The molecule has 0 aliphatic carbocycles. The van der Waals surface area contributed by atoms with Crippen LogP contribution in [0.15, 0.2) is 34.4 Å². The highest BCUT2D eigenvalue weighted by molar-refractivity contribution is 7.09. The summed E-state index contributed by atoms with van der Waals surface area (Å²) >= 11 is 7.83. The molecule has 1 saturated heterocycles. The molecule has 8 heteroatoms. The average Bonchev–Trinajstić information content (AvgIpc) is 3.11. The molecule has 1 aliphatic heterocycles. The van der Waals surface area contributed by atoms with Crippen LogP contribution in [0.5, 0.6) is 5.75 Å². The van der Waals surface area contributed by atoms with Crippen LogP contribution in [0.3, 0.4) is 0 Å². The lowest BCUT2D eigenvalue weighted by Gasteiger charge is -2.23. The van der Waals surface area contributed by atoms with Crippen LogP contribution >= 0.6 is 22.9 Å². The number of rotatable bonds is 4. The second kappa shape index (κ2) is 9.78. The number of methoxy groups -OCH3 is 1. The van der Waals surface area contributed by atoms with E-state index in [2.05, 4.69) is 41.8 Å². The van der Waals surface area contributed by atoms with Gasteiger partial charge in [-0.1, -0.05) is 38.8 Å². The first kappa shape index (κ1) is 22.5. The predicted octanol–water partition coefficient (Wildman–Crippen LogP) is 4.48. The van der Waals surface area contributed by atoms with Crippen LogP contribution < -0.4 is 14.9 Å². The van der Waals surface area contributed by atoms with E-state index >= 15 is 0 Å². The molecular formula is C22H28ClN5OS. The van der Waals surface area contributed by atoms with E-state index in [9.17, 15) is 5.26 Å². The Morgan fingerprint density at radius 3 is 2.83 bits per heavy atom. The van der Waals surface area contributed by atoms with Crippen molar-refractivity contribution >= 4 is 28.8 Å². The summed E-state index contributed by atoms with van der Waals surface area (Å²) in [5.41, 5.74) is 0.597. The molecule has 0 amide bonds. The van der Waals surface area contributed by atoms with Crippen LogP contribution in [0.4, 0.5) is 0 Å². The van der Waals surface area contributed by atoms with Crippen LogP contribution in [-0.4, -0.2) is 30.1 Å². The Morgan fingerprint density at radius 2 is 2.20 bits per heavy atom. The maximum atomic E-state index is 9.29. The minimum absolute atomic E-state index is 0.000456. The van der Waals surface area contributed by atoms with E-state index in [1.54, 1.807) is 36.6 Å². The van der Waals surface area contributed by atoms with Crippen molar-refractivity contribution in [2.75, 3.05) is 13.7 Å². The lowest BCUT2D eigenvalue weighted by atomic mass is 9.95. The summed E-state index contributed by atoms with van der Waals surface area (Å²) in [7, 11) is 1.58. The monoisotopic (exact) mass is 445 g/mol. The smallest absolute Gasteiger partial charge is 0.207 e. The number of aromatic nitrogens is 1. The second-order valence-electron chi connectivity index (χ2n) is 8.42. The van der Waals surface area contributed by atoms with Gasteiger partial charge in [0.05, 0.1) is 12.7 Å². The number of benzene rings is 1. The van der Waals surface area contributed by atoms with E-state index in [4.69, 9.17) is 21.3 Å². The number of hydrogen-bond acceptors (Lipinski definition) is 5. The molecule has 1 atom stereocenters. The molecule has 1 N–H and O–H groups in total. The summed E-state index contributed by atoms with van der Waals surface area (Å²) in [5.74, 6) is 0.870. The molecule has 6 nitrogen and oxygen atoms in total. The summed E-state index contributed by atoms with van der Waals surface area (Å²) in [4.78, 5) is 10.8. The number of nitrogens with zero attached hydrogens (tertiary/aromatic N) is 4. The summed E-state index contributed by atoms with van der Waals surface area (Å²) in [5, 5.41) is 13.4. The van der Waals surface area contributed by atoms with Crippen molar-refractivity contribution in [3.05, 3.63) is 44.7 Å². The molecule has 0 radical (unpaired) electrons. The number of nitriles is 1. The molecule has 0 unspecified atom stereocenters. The third-order valence-corrected chi connectivity index (χ3v) is 6.73. The van der Waals surface area contributed by atoms with Gasteiger partial charge >= 0.3 is 0 Å². The molecule has 1 fully saturated rings. The predicted molar refractivity (Wildman–Crippen MR) is 122 cm³/mol. The number of aliphatic imine (C=N–C) groups is 1. The topological polar surface area (TPSA) is 74.7 Å². The molecule has 30 heavy (non-hydrogen) atoms. The summed E-state index contributed by atoms with van der Waals surface area (Å²) in [6.07, 6.45) is 7.66. The van der Waals surface area contributed by atoms with Gasteiger partial charge in [0.15, 0.2) is 10.6 Å². The van der Waals surface area contributed by atoms with Gasteiger partial charge in [0.2, 0.25) is 6.19 Å². The Balaban J connectivity index is 2.10. The van der Waals surface area contributed by atoms with Crippen LogP contribution in [0.1, 0.15) is 50.5 Å². The fraction of sp³-hybridized carbons (Fsp3) is 0.500. The third-order valence-electron chi connectivity index (χ3n) is 5.05. The molecule has 1 aromatic heterocycles. The lowest BCUT2D eigenvalue weighted by molar-refractivity contribution is 0.360. The van der Waals surface area contributed by atoms with Crippen LogP contribution in [-0.2, 0) is 12.0 Å². The minimum Gasteiger partial charge on any atom is -0.496 e. The highest BCUT2D eigenvalue weighted by Crippen LogP contribution is 2.26. The number of hydrogen-bond donors (Lipinski definition) is 1. The summed E-state index contributed by atoms with van der Waals surface area (Å²) in [6.45, 7) is 8.45. The highest BCUT2D eigenvalue weighted by atomic mass is 35.5. The van der Waals surface area contributed by atoms with E-state index in [-0.39, 0.29) is 5.41 Å². The van der Waals surface area contributed by atoms with Gasteiger partial charge < -0.3 is 14.6 Å². The van der Waals surface area contributed by atoms with Crippen LogP contribution in [0, 0.1) is 11.5 Å². The first-order chi connectivity index (χ1) is 14.3. The van der Waals surface area contributed by atoms with Crippen molar-refractivity contribution < 1.29 is 4.74 Å². The largest absolute Gasteiger partial charge is 0.496 e. The number of amidine groups is 1. The van der Waals surface area contributed by atoms with Crippen molar-refractivity contribution in [2.24, 2.45) is 9.98 Å². The van der Waals surface area contributed by atoms with Crippen molar-refractivity contribution in [1.29, 1.82) is 5.26 Å². The molecule has 2 aromatic rings. The number of piperidine rings is 1. The average molecular weight is 446 g/mol. The lowest BCUT2D eigenvalue weighted by Crippen LogP contribution is -2.39. The summed E-state index contributed by atoms with van der Waals surface area (Å²) in [6, 6.07) is 5.64. The van der Waals surface area contributed by atoms with Crippen LogP contribution in [0.2, 0.25) is 5.02 Å².